The number of carbonyl (C=O) groups excluding carboxylic acids is 3. The number of nitrogens with zero attached hydrogens (tertiary/aromatic N) is 2. The number of anilines is 1. The second-order valence-electron chi connectivity index (χ2n) is 9.51. The Morgan fingerprint density at radius 1 is 1.00 bits per heavy atom. The van der Waals surface area contributed by atoms with Crippen molar-refractivity contribution in [3.63, 3.8) is 0 Å². The lowest BCUT2D eigenvalue weighted by Gasteiger charge is -2.31. The number of thiazole rings is 1. The normalized spacial score (nSPS) is 22.8. The highest BCUT2D eigenvalue weighted by Gasteiger charge is 2.56. The first kappa shape index (κ1) is 25.2. The average Bonchev–Trinajstić information content (AvgIpc) is 3.43. The van der Waals surface area contributed by atoms with Gasteiger partial charge >= 0.3 is 4.87 Å². The number of thioether (sulfide) groups is 1. The van der Waals surface area contributed by atoms with Crippen molar-refractivity contribution >= 4 is 58.1 Å². The van der Waals surface area contributed by atoms with Crippen molar-refractivity contribution in [3.05, 3.63) is 73.7 Å². The number of amides is 3. The zero-order chi connectivity index (χ0) is 26.4. The fraction of sp³-hybridized carbons (Fsp3) is 0.333. The van der Waals surface area contributed by atoms with Crippen LogP contribution in [0.4, 0.5) is 5.69 Å². The highest BCUT2D eigenvalue weighted by Crippen LogP contribution is 2.54. The maximum absolute atomic E-state index is 13.9. The molecule has 38 heavy (non-hydrogen) atoms. The first-order valence-corrected chi connectivity index (χ1v) is 14.5. The highest BCUT2D eigenvalue weighted by atomic mass is 35.5. The minimum atomic E-state index is -0.746. The number of likely N-dealkylation sites (tertiary alicyclic amines) is 1. The van der Waals surface area contributed by atoms with Crippen LogP contribution in [0.15, 0.2) is 58.4 Å². The molecule has 0 bridgehead atoms. The van der Waals surface area contributed by atoms with Crippen LogP contribution in [0.25, 0.3) is 0 Å². The monoisotopic (exact) mass is 569 g/mol. The molecule has 3 aliphatic rings. The molecule has 0 radical (unpaired) electrons. The molecule has 3 amide bonds. The number of nitrogens with one attached hydrogen (secondary N) is 1. The van der Waals surface area contributed by atoms with E-state index in [0.717, 1.165) is 43.7 Å². The molecule has 196 valence electrons. The number of aromatic amines is 1. The van der Waals surface area contributed by atoms with Crippen molar-refractivity contribution in [3.8, 4) is 5.75 Å². The van der Waals surface area contributed by atoms with E-state index in [9.17, 15) is 19.2 Å². The van der Waals surface area contributed by atoms with Gasteiger partial charge in [-0.2, -0.15) is 0 Å². The third-order valence-electron chi connectivity index (χ3n) is 7.22. The van der Waals surface area contributed by atoms with Gasteiger partial charge in [0.15, 0.2) is 6.61 Å². The lowest BCUT2D eigenvalue weighted by molar-refractivity contribution is -0.134. The quantitative estimate of drug-likeness (QED) is 0.461. The van der Waals surface area contributed by atoms with Gasteiger partial charge in [-0.15, -0.1) is 0 Å². The van der Waals surface area contributed by atoms with Crippen molar-refractivity contribution in [2.24, 2.45) is 5.92 Å². The highest BCUT2D eigenvalue weighted by molar-refractivity contribution is 8.00. The van der Waals surface area contributed by atoms with Gasteiger partial charge in [0, 0.05) is 34.5 Å². The Morgan fingerprint density at radius 2 is 1.74 bits per heavy atom. The van der Waals surface area contributed by atoms with Crippen molar-refractivity contribution in [2.45, 2.75) is 35.5 Å². The smallest absolute Gasteiger partial charge is 0.305 e. The summed E-state index contributed by atoms with van der Waals surface area (Å²) in [7, 11) is 0. The number of ether oxygens (including phenoxy) is 1. The van der Waals surface area contributed by atoms with E-state index in [0.29, 0.717) is 31.9 Å². The van der Waals surface area contributed by atoms with E-state index in [1.54, 1.807) is 36.4 Å². The Bertz CT molecular complexity index is 1460. The molecule has 4 heterocycles. The molecule has 6 rings (SSSR count). The molecule has 2 saturated heterocycles. The van der Waals surface area contributed by atoms with Crippen molar-refractivity contribution in [2.75, 3.05) is 24.6 Å². The van der Waals surface area contributed by atoms with E-state index >= 15 is 0 Å². The fourth-order valence-electron chi connectivity index (χ4n) is 5.44. The molecular formula is C27H24ClN3O5S2. The molecule has 3 aromatic rings. The SMILES string of the molecule is O=C(COc1ccccc1[C@H]1c2sc(=O)[nH]c2SC2C(=O)N(c3ccc(Cl)cc3)C(=O)C21)N1CCCCC1. The van der Waals surface area contributed by atoms with Gasteiger partial charge in [-0.1, -0.05) is 52.9 Å². The van der Waals surface area contributed by atoms with Crippen LogP contribution in [-0.2, 0) is 14.4 Å². The Hall–Kier alpha value is -3.08. The van der Waals surface area contributed by atoms with Gasteiger partial charge < -0.3 is 14.6 Å². The summed E-state index contributed by atoms with van der Waals surface area (Å²) in [4.78, 5) is 59.0. The summed E-state index contributed by atoms with van der Waals surface area (Å²) < 4.78 is 6.06. The average molecular weight is 570 g/mol. The van der Waals surface area contributed by atoms with Crippen LogP contribution >= 0.6 is 34.7 Å². The number of aromatic nitrogens is 1. The largest absolute Gasteiger partial charge is 0.483 e. The number of rotatable bonds is 5. The summed E-state index contributed by atoms with van der Waals surface area (Å²) in [5.74, 6) is -1.63. The molecule has 2 fully saturated rings. The van der Waals surface area contributed by atoms with Crippen LogP contribution in [0.5, 0.6) is 5.75 Å². The maximum Gasteiger partial charge on any atom is 0.305 e. The Labute approximate surface area is 231 Å². The Morgan fingerprint density at radius 3 is 2.50 bits per heavy atom. The second kappa shape index (κ2) is 10.2. The number of carbonyl (C=O) groups is 3. The van der Waals surface area contributed by atoms with Crippen molar-refractivity contribution in [1.82, 2.24) is 9.88 Å². The van der Waals surface area contributed by atoms with Gasteiger partial charge in [0.2, 0.25) is 11.8 Å². The molecule has 1 N–H and O–H groups in total. The molecule has 0 aliphatic carbocycles. The molecule has 3 aliphatic heterocycles. The Balaban J connectivity index is 1.36. The lowest BCUT2D eigenvalue weighted by atomic mass is 9.82. The number of fused-ring (bicyclic) bond motifs is 2. The lowest BCUT2D eigenvalue weighted by Crippen LogP contribution is -2.38. The summed E-state index contributed by atoms with van der Waals surface area (Å²) in [6.45, 7) is 1.34. The number of imide groups is 1. The van der Waals surface area contributed by atoms with E-state index in [4.69, 9.17) is 16.3 Å². The third kappa shape index (κ3) is 4.44. The summed E-state index contributed by atoms with van der Waals surface area (Å²) in [5, 5.41) is 0.371. The van der Waals surface area contributed by atoms with Gasteiger partial charge in [-0.3, -0.25) is 19.2 Å². The number of H-pyrrole nitrogens is 1. The topological polar surface area (TPSA) is 99.8 Å². The molecule has 2 aromatic carbocycles. The molecule has 2 unspecified atom stereocenters. The summed E-state index contributed by atoms with van der Waals surface area (Å²) in [5.41, 5.74) is 1.12. The summed E-state index contributed by atoms with van der Waals surface area (Å²) in [6.07, 6.45) is 3.10. The van der Waals surface area contributed by atoms with Crippen molar-refractivity contribution < 1.29 is 19.1 Å². The van der Waals surface area contributed by atoms with E-state index in [1.807, 2.05) is 17.0 Å². The molecule has 0 spiro atoms. The van der Waals surface area contributed by atoms with Gasteiger partial charge in [-0.05, 0) is 49.6 Å². The molecular weight excluding hydrogens is 546 g/mol. The standard InChI is InChI=1S/C27H24ClN3O5S2/c28-15-8-10-16(11-9-15)31-25(33)21-20(22-24(29-27(35)38-22)37-23(21)26(31)34)17-6-2-3-7-18(17)36-14-19(32)30-12-4-1-5-13-30/h2-3,6-11,20-21,23H,1,4-5,12-14H2,(H,29,35)/t20-,21?,23?/m1/s1. The summed E-state index contributed by atoms with van der Waals surface area (Å²) in [6, 6.07) is 13.8. The minimum Gasteiger partial charge on any atom is -0.483 e. The number of benzene rings is 2. The minimum absolute atomic E-state index is 0.0791. The molecule has 1 aromatic heterocycles. The van der Waals surface area contributed by atoms with Crippen LogP contribution in [0.1, 0.15) is 35.6 Å². The first-order valence-electron chi connectivity index (χ1n) is 12.4. The third-order valence-corrected chi connectivity index (χ3v) is 9.88. The molecule has 0 saturated carbocycles. The number of piperidine rings is 1. The fourth-order valence-corrected chi connectivity index (χ4v) is 8.07. The number of halogens is 1. The molecule has 11 heteroatoms. The van der Waals surface area contributed by atoms with Crippen LogP contribution < -0.4 is 14.5 Å². The van der Waals surface area contributed by atoms with E-state index < -0.39 is 17.1 Å². The van der Waals surface area contributed by atoms with E-state index in [-0.39, 0.29) is 29.2 Å². The number of para-hydroxylation sites is 1. The van der Waals surface area contributed by atoms with Gasteiger partial charge in [0.25, 0.3) is 5.91 Å². The van der Waals surface area contributed by atoms with Gasteiger partial charge in [0.05, 0.1) is 16.6 Å². The van der Waals surface area contributed by atoms with Gasteiger partial charge in [0.1, 0.15) is 11.0 Å². The van der Waals surface area contributed by atoms with Crippen molar-refractivity contribution in [1.29, 1.82) is 0 Å². The van der Waals surface area contributed by atoms with Crippen LogP contribution in [0.3, 0.4) is 0 Å². The number of hydrogen-bond donors (Lipinski definition) is 1. The second-order valence-corrected chi connectivity index (χ2v) is 12.1. The summed E-state index contributed by atoms with van der Waals surface area (Å²) >= 11 is 8.29. The molecule has 8 nitrogen and oxygen atoms in total. The van der Waals surface area contributed by atoms with E-state index in [1.165, 1.54) is 16.7 Å². The van der Waals surface area contributed by atoms with Crippen LogP contribution in [0.2, 0.25) is 5.02 Å². The zero-order valence-electron chi connectivity index (χ0n) is 20.2. The first-order chi connectivity index (χ1) is 18.4. The Kier molecular flexibility index (Phi) is 6.79. The predicted octanol–water partition coefficient (Wildman–Crippen LogP) is 4.28. The predicted molar refractivity (Wildman–Crippen MR) is 146 cm³/mol. The van der Waals surface area contributed by atoms with Gasteiger partial charge in [-0.25, -0.2) is 4.90 Å². The maximum atomic E-state index is 13.9. The van der Waals surface area contributed by atoms with E-state index in [2.05, 4.69) is 4.98 Å². The zero-order valence-corrected chi connectivity index (χ0v) is 22.6. The van der Waals surface area contributed by atoms with Crippen LogP contribution in [0, 0.1) is 5.92 Å². The molecule has 3 atom stereocenters. The van der Waals surface area contributed by atoms with Crippen LogP contribution in [-0.4, -0.2) is 52.6 Å². The number of hydrogen-bond acceptors (Lipinski definition) is 7.